The zero-order chi connectivity index (χ0) is 14.2. The van der Waals surface area contributed by atoms with Crippen LogP contribution in [0.4, 0.5) is 11.6 Å². The van der Waals surface area contributed by atoms with E-state index < -0.39 is 0 Å². The molecule has 0 amide bonds. The molecule has 1 aliphatic rings. The van der Waals surface area contributed by atoms with Crippen molar-refractivity contribution in [1.82, 2.24) is 14.9 Å². The molecule has 0 radical (unpaired) electrons. The molecule has 0 saturated carbocycles. The van der Waals surface area contributed by atoms with Crippen LogP contribution in [0, 0.1) is 0 Å². The summed E-state index contributed by atoms with van der Waals surface area (Å²) in [5, 5.41) is 6.43. The summed E-state index contributed by atoms with van der Waals surface area (Å²) in [5.74, 6) is 2.36. The maximum atomic E-state index is 5.09. The molecule has 0 atom stereocenters. The molecule has 0 aliphatic carbocycles. The van der Waals surface area contributed by atoms with Gasteiger partial charge < -0.3 is 20.3 Å². The Kier molecular flexibility index (Phi) is 6.01. The predicted octanol–water partition coefficient (Wildman–Crippen LogP) is 1.56. The van der Waals surface area contributed by atoms with E-state index in [1.54, 1.807) is 7.11 Å². The van der Waals surface area contributed by atoms with Crippen LogP contribution in [-0.2, 0) is 11.3 Å². The van der Waals surface area contributed by atoms with Gasteiger partial charge in [0.1, 0.15) is 18.2 Å². The van der Waals surface area contributed by atoms with Gasteiger partial charge in [-0.25, -0.2) is 9.97 Å². The first kappa shape index (κ1) is 15.0. The van der Waals surface area contributed by atoms with Gasteiger partial charge in [0.05, 0.1) is 0 Å². The second-order valence-corrected chi connectivity index (χ2v) is 5.07. The van der Waals surface area contributed by atoms with Gasteiger partial charge in [-0.05, 0) is 25.9 Å². The molecule has 1 saturated heterocycles. The lowest BCUT2D eigenvalue weighted by molar-refractivity contribution is 0.178. The summed E-state index contributed by atoms with van der Waals surface area (Å²) in [6, 6.07) is 1.93. The molecule has 1 aromatic rings. The van der Waals surface area contributed by atoms with E-state index in [0.29, 0.717) is 12.4 Å². The van der Waals surface area contributed by atoms with E-state index in [2.05, 4.69) is 25.5 Å². The van der Waals surface area contributed by atoms with Crippen LogP contribution in [0.25, 0.3) is 0 Å². The Morgan fingerprint density at radius 3 is 2.65 bits per heavy atom. The minimum atomic E-state index is 0.427. The zero-order valence-corrected chi connectivity index (χ0v) is 12.5. The van der Waals surface area contributed by atoms with E-state index in [9.17, 15) is 0 Å². The maximum absolute atomic E-state index is 5.09. The molecule has 20 heavy (non-hydrogen) atoms. The van der Waals surface area contributed by atoms with E-state index in [1.807, 2.05) is 13.1 Å². The summed E-state index contributed by atoms with van der Waals surface area (Å²) in [6.07, 6.45) is 4.03. The van der Waals surface area contributed by atoms with Crippen LogP contribution in [0.15, 0.2) is 6.07 Å². The molecule has 0 aromatic carbocycles. The van der Waals surface area contributed by atoms with Crippen molar-refractivity contribution in [2.75, 3.05) is 51.0 Å². The van der Waals surface area contributed by atoms with Crippen molar-refractivity contribution in [2.24, 2.45) is 0 Å². The van der Waals surface area contributed by atoms with Crippen molar-refractivity contribution in [2.45, 2.75) is 25.9 Å². The second kappa shape index (κ2) is 8.01. The van der Waals surface area contributed by atoms with Crippen molar-refractivity contribution in [1.29, 1.82) is 0 Å². The Bertz CT molecular complexity index is 407. The Balaban J connectivity index is 1.85. The Morgan fingerprint density at radius 1 is 1.20 bits per heavy atom. The molecule has 2 N–H and O–H groups in total. The molecule has 6 nitrogen and oxygen atoms in total. The smallest absolute Gasteiger partial charge is 0.158 e. The van der Waals surface area contributed by atoms with Crippen LogP contribution in [0.3, 0.4) is 0 Å². The lowest BCUT2D eigenvalue weighted by atomic mass is 10.1. The first-order chi connectivity index (χ1) is 9.81. The number of hydrogen-bond acceptors (Lipinski definition) is 6. The highest BCUT2D eigenvalue weighted by atomic mass is 16.5. The molecular weight excluding hydrogens is 254 g/mol. The summed E-state index contributed by atoms with van der Waals surface area (Å²) in [6.45, 7) is 4.85. The first-order valence-electron chi connectivity index (χ1n) is 7.32. The van der Waals surface area contributed by atoms with E-state index in [4.69, 9.17) is 4.74 Å². The summed E-state index contributed by atoms with van der Waals surface area (Å²) >= 11 is 0. The normalized spacial score (nSPS) is 16.1. The minimum absolute atomic E-state index is 0.427. The van der Waals surface area contributed by atoms with Crippen molar-refractivity contribution < 1.29 is 4.74 Å². The van der Waals surface area contributed by atoms with Gasteiger partial charge in [-0.1, -0.05) is 6.42 Å². The summed E-state index contributed by atoms with van der Waals surface area (Å²) < 4.78 is 5.09. The fourth-order valence-electron chi connectivity index (χ4n) is 2.43. The molecule has 112 valence electrons. The lowest BCUT2D eigenvalue weighted by Gasteiger charge is -2.26. The van der Waals surface area contributed by atoms with Crippen LogP contribution in [-0.4, -0.2) is 55.2 Å². The fraction of sp³-hybridized carbons (Fsp3) is 0.714. The molecule has 1 aromatic heterocycles. The van der Waals surface area contributed by atoms with Crippen molar-refractivity contribution in [3.63, 3.8) is 0 Å². The second-order valence-electron chi connectivity index (χ2n) is 5.07. The third-order valence-corrected chi connectivity index (χ3v) is 3.48. The van der Waals surface area contributed by atoms with Crippen molar-refractivity contribution in [3.05, 3.63) is 11.9 Å². The lowest BCUT2D eigenvalue weighted by Crippen LogP contribution is -2.33. The zero-order valence-electron chi connectivity index (χ0n) is 12.5. The number of likely N-dealkylation sites (tertiary alicyclic amines) is 1. The average molecular weight is 279 g/mol. The summed E-state index contributed by atoms with van der Waals surface area (Å²) in [4.78, 5) is 11.3. The highest BCUT2D eigenvalue weighted by molar-refractivity contribution is 5.47. The topological polar surface area (TPSA) is 62.3 Å². The van der Waals surface area contributed by atoms with Crippen molar-refractivity contribution >= 4 is 11.6 Å². The van der Waals surface area contributed by atoms with Crippen LogP contribution in [0.2, 0.25) is 0 Å². The third-order valence-electron chi connectivity index (χ3n) is 3.48. The quantitative estimate of drug-likeness (QED) is 0.790. The number of ether oxygens (including phenoxy) is 1. The van der Waals surface area contributed by atoms with Crippen LogP contribution in [0.1, 0.15) is 25.1 Å². The van der Waals surface area contributed by atoms with Gasteiger partial charge in [0, 0.05) is 33.3 Å². The molecule has 0 unspecified atom stereocenters. The van der Waals surface area contributed by atoms with Crippen LogP contribution >= 0.6 is 0 Å². The number of nitrogens with one attached hydrogen (secondary N) is 2. The van der Waals surface area contributed by atoms with E-state index in [-0.39, 0.29) is 0 Å². The number of methoxy groups -OCH3 is 1. The van der Waals surface area contributed by atoms with Gasteiger partial charge in [-0.3, -0.25) is 0 Å². The largest absolute Gasteiger partial charge is 0.377 e. The monoisotopic (exact) mass is 279 g/mol. The Labute approximate surface area is 120 Å². The Morgan fingerprint density at radius 2 is 1.95 bits per heavy atom. The number of piperidine rings is 1. The summed E-state index contributed by atoms with van der Waals surface area (Å²) in [7, 11) is 3.51. The first-order valence-corrected chi connectivity index (χ1v) is 7.32. The molecule has 1 aliphatic heterocycles. The molecule has 6 heteroatoms. The van der Waals surface area contributed by atoms with Gasteiger partial charge in [0.2, 0.25) is 0 Å². The number of anilines is 2. The van der Waals surface area contributed by atoms with Crippen LogP contribution in [0.5, 0.6) is 0 Å². The van der Waals surface area contributed by atoms with Crippen molar-refractivity contribution in [3.8, 4) is 0 Å². The van der Waals surface area contributed by atoms with E-state index >= 15 is 0 Å². The van der Waals surface area contributed by atoms with Crippen LogP contribution < -0.4 is 10.6 Å². The number of aromatic nitrogens is 2. The molecule has 2 rings (SSSR count). The SMILES string of the molecule is CNc1cc(NCCN2CCCCC2)nc(COC)n1. The number of nitrogens with zero attached hydrogens (tertiary/aromatic N) is 3. The maximum Gasteiger partial charge on any atom is 0.158 e. The highest BCUT2D eigenvalue weighted by Gasteiger charge is 2.09. The summed E-state index contributed by atoms with van der Waals surface area (Å²) in [5.41, 5.74) is 0. The standard InChI is InChI=1S/C14H25N5O/c1-15-12-10-13(18-14(17-12)11-20-2)16-6-9-19-7-4-3-5-8-19/h10H,3-9,11H2,1-2H3,(H2,15,16,17,18). The number of rotatable bonds is 7. The van der Waals surface area contributed by atoms with E-state index in [0.717, 1.165) is 24.7 Å². The Hall–Kier alpha value is -1.40. The predicted molar refractivity (Wildman–Crippen MR) is 81.1 cm³/mol. The molecule has 0 spiro atoms. The van der Waals surface area contributed by atoms with Gasteiger partial charge in [0.15, 0.2) is 5.82 Å². The van der Waals surface area contributed by atoms with Gasteiger partial charge in [0.25, 0.3) is 0 Å². The number of hydrogen-bond donors (Lipinski definition) is 2. The molecular formula is C14H25N5O. The molecule has 1 fully saturated rings. The fourth-order valence-corrected chi connectivity index (χ4v) is 2.43. The highest BCUT2D eigenvalue weighted by Crippen LogP contribution is 2.12. The average Bonchev–Trinajstić information content (AvgIpc) is 2.48. The van der Waals surface area contributed by atoms with Gasteiger partial charge in [-0.15, -0.1) is 0 Å². The minimum Gasteiger partial charge on any atom is -0.377 e. The third kappa shape index (κ3) is 4.61. The van der Waals surface area contributed by atoms with Gasteiger partial charge >= 0.3 is 0 Å². The molecule has 0 bridgehead atoms. The van der Waals surface area contributed by atoms with Gasteiger partial charge in [-0.2, -0.15) is 0 Å². The van der Waals surface area contributed by atoms with E-state index in [1.165, 1.54) is 32.4 Å². The molecule has 2 heterocycles.